The van der Waals surface area contributed by atoms with Crippen molar-refractivity contribution in [2.24, 2.45) is 0 Å². The zero-order valence-electron chi connectivity index (χ0n) is 4.47. The predicted octanol–water partition coefficient (Wildman–Crippen LogP) is -1.32. The minimum absolute atomic E-state index is 0. The summed E-state index contributed by atoms with van der Waals surface area (Å²) in [6.45, 7) is 0. The van der Waals surface area contributed by atoms with E-state index in [0.29, 0.717) is 0 Å². The SMILES string of the molecule is O=c1cc[nH]c(=O)[nH]1.[Sn]. The van der Waals surface area contributed by atoms with Crippen molar-refractivity contribution in [3.8, 4) is 0 Å². The maximum absolute atomic E-state index is 10.2. The van der Waals surface area contributed by atoms with E-state index >= 15 is 0 Å². The van der Waals surface area contributed by atoms with Gasteiger partial charge >= 0.3 is 5.69 Å². The average Bonchev–Trinajstić information content (AvgIpc) is 1.64. The summed E-state index contributed by atoms with van der Waals surface area (Å²) in [6, 6.07) is 1.24. The van der Waals surface area contributed by atoms with E-state index in [-0.39, 0.29) is 29.5 Å². The topological polar surface area (TPSA) is 65.7 Å². The van der Waals surface area contributed by atoms with Crippen molar-refractivity contribution in [3.05, 3.63) is 33.1 Å². The number of rotatable bonds is 0. The van der Waals surface area contributed by atoms with Gasteiger partial charge in [0, 0.05) is 36.2 Å². The molecular weight excluding hydrogens is 227 g/mol. The minimum atomic E-state index is -0.475. The van der Waals surface area contributed by atoms with E-state index in [1.807, 2.05) is 4.98 Å². The van der Waals surface area contributed by atoms with E-state index in [9.17, 15) is 9.59 Å². The molecular formula is C4H4N2O2Sn. The molecule has 4 radical (unpaired) electrons. The molecule has 0 saturated heterocycles. The second-order valence-electron chi connectivity index (χ2n) is 1.30. The number of aromatic nitrogens is 2. The number of H-pyrrole nitrogens is 2. The van der Waals surface area contributed by atoms with Gasteiger partial charge in [-0.1, -0.05) is 0 Å². The van der Waals surface area contributed by atoms with Crippen LogP contribution in [-0.4, -0.2) is 33.9 Å². The Balaban J connectivity index is 0.000000640. The van der Waals surface area contributed by atoms with Crippen LogP contribution in [0, 0.1) is 0 Å². The van der Waals surface area contributed by atoms with Gasteiger partial charge in [0.15, 0.2) is 0 Å². The normalized spacial score (nSPS) is 8.00. The van der Waals surface area contributed by atoms with Crippen LogP contribution in [-0.2, 0) is 0 Å². The van der Waals surface area contributed by atoms with Crippen molar-refractivity contribution < 1.29 is 0 Å². The molecule has 0 saturated carbocycles. The van der Waals surface area contributed by atoms with Crippen LogP contribution in [0.15, 0.2) is 21.9 Å². The first-order chi connectivity index (χ1) is 3.79. The number of hydrogen-bond donors (Lipinski definition) is 2. The summed E-state index contributed by atoms with van der Waals surface area (Å²) in [5.41, 5.74) is -0.855. The van der Waals surface area contributed by atoms with Crippen LogP contribution in [0.3, 0.4) is 0 Å². The summed E-state index contributed by atoms with van der Waals surface area (Å²) in [6.07, 6.45) is 1.29. The standard InChI is InChI=1S/C4H4N2O2.Sn/c7-3-1-2-5-4(8)6-3;/h1-2H,(H2,5,6,7,8);. The molecule has 0 aliphatic carbocycles. The molecule has 0 aromatic carbocycles. The molecule has 2 N–H and O–H groups in total. The first-order valence-corrected chi connectivity index (χ1v) is 2.07. The molecule has 0 bridgehead atoms. The molecule has 4 nitrogen and oxygen atoms in total. The molecule has 5 heteroatoms. The minimum Gasteiger partial charge on any atom is -0.314 e. The van der Waals surface area contributed by atoms with Gasteiger partial charge < -0.3 is 4.98 Å². The summed E-state index contributed by atoms with van der Waals surface area (Å²) < 4.78 is 0. The molecule has 0 aliphatic rings. The van der Waals surface area contributed by atoms with Gasteiger partial charge in [0.25, 0.3) is 5.56 Å². The quantitative estimate of drug-likeness (QED) is 0.544. The van der Waals surface area contributed by atoms with Crippen LogP contribution in [0.1, 0.15) is 0 Å². The van der Waals surface area contributed by atoms with Gasteiger partial charge in [0.2, 0.25) is 0 Å². The monoisotopic (exact) mass is 232 g/mol. The number of hydrogen-bond acceptors (Lipinski definition) is 2. The maximum Gasteiger partial charge on any atom is 0.325 e. The Morgan fingerprint density at radius 1 is 1.33 bits per heavy atom. The molecule has 0 unspecified atom stereocenters. The van der Waals surface area contributed by atoms with Gasteiger partial charge in [-0.2, -0.15) is 0 Å². The van der Waals surface area contributed by atoms with E-state index in [4.69, 9.17) is 0 Å². The fourth-order valence-electron chi connectivity index (χ4n) is 0.383. The van der Waals surface area contributed by atoms with E-state index in [1.54, 1.807) is 0 Å². The Bertz CT molecular complexity index is 251. The second-order valence-corrected chi connectivity index (χ2v) is 1.30. The Morgan fingerprint density at radius 2 is 2.00 bits per heavy atom. The van der Waals surface area contributed by atoms with Crippen molar-refractivity contribution in [2.75, 3.05) is 0 Å². The number of aromatic amines is 2. The Labute approximate surface area is 67.3 Å². The molecule has 1 heterocycles. The van der Waals surface area contributed by atoms with Crippen LogP contribution in [0.5, 0.6) is 0 Å². The van der Waals surface area contributed by atoms with Crippen molar-refractivity contribution in [2.45, 2.75) is 0 Å². The van der Waals surface area contributed by atoms with Crippen LogP contribution < -0.4 is 11.2 Å². The molecule has 0 aliphatic heterocycles. The second kappa shape index (κ2) is 3.49. The first-order valence-electron chi connectivity index (χ1n) is 2.07. The molecule has 1 aromatic rings. The predicted molar refractivity (Wildman–Crippen MR) is 33.4 cm³/mol. The van der Waals surface area contributed by atoms with Gasteiger partial charge in [-0.15, -0.1) is 0 Å². The van der Waals surface area contributed by atoms with E-state index in [0.717, 1.165) is 0 Å². The molecule has 0 fully saturated rings. The summed E-state index contributed by atoms with van der Waals surface area (Å²) in [4.78, 5) is 24.7. The number of nitrogens with one attached hydrogen (secondary N) is 2. The zero-order valence-corrected chi connectivity index (χ0v) is 7.33. The smallest absolute Gasteiger partial charge is 0.314 e. The van der Waals surface area contributed by atoms with Gasteiger partial charge in [0.05, 0.1) is 0 Å². The van der Waals surface area contributed by atoms with Crippen LogP contribution in [0.2, 0.25) is 0 Å². The third-order valence-electron chi connectivity index (χ3n) is 0.686. The maximum atomic E-state index is 10.2. The first kappa shape index (κ1) is 8.48. The Hall–Kier alpha value is -0.521. The Kier molecular flexibility index (Phi) is 3.29. The van der Waals surface area contributed by atoms with Crippen molar-refractivity contribution in [1.82, 2.24) is 9.97 Å². The molecule has 1 aromatic heterocycles. The fraction of sp³-hybridized carbons (Fsp3) is 0. The van der Waals surface area contributed by atoms with Gasteiger partial charge in [-0.25, -0.2) is 4.79 Å². The molecule has 9 heavy (non-hydrogen) atoms. The van der Waals surface area contributed by atoms with E-state index in [2.05, 4.69) is 4.98 Å². The summed E-state index contributed by atoms with van der Waals surface area (Å²) in [5.74, 6) is 0. The molecule has 46 valence electrons. The fourth-order valence-corrected chi connectivity index (χ4v) is 0.383. The van der Waals surface area contributed by atoms with Crippen molar-refractivity contribution >= 4 is 23.9 Å². The molecule has 0 atom stereocenters. The Morgan fingerprint density at radius 3 is 2.33 bits per heavy atom. The third kappa shape index (κ3) is 2.50. The molecule has 0 spiro atoms. The van der Waals surface area contributed by atoms with Crippen LogP contribution in [0.4, 0.5) is 0 Å². The average molecular weight is 231 g/mol. The van der Waals surface area contributed by atoms with Crippen molar-refractivity contribution in [3.63, 3.8) is 0 Å². The van der Waals surface area contributed by atoms with E-state index in [1.165, 1.54) is 12.3 Å². The van der Waals surface area contributed by atoms with Crippen LogP contribution in [0.25, 0.3) is 0 Å². The third-order valence-corrected chi connectivity index (χ3v) is 0.686. The summed E-state index contributed by atoms with van der Waals surface area (Å²) in [7, 11) is 0. The van der Waals surface area contributed by atoms with Crippen molar-refractivity contribution in [1.29, 1.82) is 0 Å². The summed E-state index contributed by atoms with van der Waals surface area (Å²) >= 11 is 0. The largest absolute Gasteiger partial charge is 0.325 e. The molecule has 0 amide bonds. The van der Waals surface area contributed by atoms with Crippen LogP contribution >= 0.6 is 0 Å². The zero-order chi connectivity index (χ0) is 5.98. The van der Waals surface area contributed by atoms with Gasteiger partial charge in [-0.05, 0) is 0 Å². The van der Waals surface area contributed by atoms with E-state index < -0.39 is 5.69 Å². The van der Waals surface area contributed by atoms with Gasteiger partial charge in [0.1, 0.15) is 0 Å². The molecule has 1 rings (SSSR count). The van der Waals surface area contributed by atoms with Gasteiger partial charge in [-0.3, -0.25) is 9.78 Å². The summed E-state index contributed by atoms with van der Waals surface area (Å²) in [5, 5.41) is 0.